The van der Waals surface area contributed by atoms with Gasteiger partial charge in [0.25, 0.3) is 11.8 Å². The number of anilines is 1. The van der Waals surface area contributed by atoms with Gasteiger partial charge in [0.2, 0.25) is 5.76 Å². The summed E-state index contributed by atoms with van der Waals surface area (Å²) in [6.07, 6.45) is 1.92. The Bertz CT molecular complexity index is 806. The van der Waals surface area contributed by atoms with Crippen LogP contribution in [0.4, 0.5) is 5.00 Å². The Hall–Kier alpha value is -2.19. The molecule has 0 fully saturated rings. The predicted octanol–water partition coefficient (Wildman–Crippen LogP) is 2.67. The van der Waals surface area contributed by atoms with Crippen LogP contribution in [0.2, 0.25) is 0 Å². The van der Waals surface area contributed by atoms with Crippen LogP contribution >= 0.6 is 11.3 Å². The number of fused-ring (bicyclic) bond motifs is 1. The maximum atomic E-state index is 12.2. The quantitative estimate of drug-likeness (QED) is 0.886. The van der Waals surface area contributed by atoms with Crippen molar-refractivity contribution in [3.05, 3.63) is 34.0 Å². The summed E-state index contributed by atoms with van der Waals surface area (Å²) in [4.78, 5) is 25.2. The molecule has 8 heteroatoms. The third-order valence-electron chi connectivity index (χ3n) is 3.82. The van der Waals surface area contributed by atoms with Crippen LogP contribution < -0.4 is 11.1 Å². The van der Waals surface area contributed by atoms with Gasteiger partial charge in [-0.05, 0) is 33.3 Å². The number of rotatable bonds is 3. The lowest BCUT2D eigenvalue weighted by Crippen LogP contribution is -2.42. The fourth-order valence-electron chi connectivity index (χ4n) is 3.17. The Labute approximate surface area is 143 Å². The average molecular weight is 349 g/mol. The number of amides is 2. The third-order valence-corrected chi connectivity index (χ3v) is 5.28. The molecule has 0 atom stereocenters. The topological polar surface area (TPSA) is 107 Å². The van der Waals surface area contributed by atoms with Crippen molar-refractivity contribution in [2.75, 3.05) is 5.32 Å². The summed E-state index contributed by atoms with van der Waals surface area (Å²) in [5, 5.41) is 6.62. The van der Waals surface area contributed by atoms with Gasteiger partial charge in [0.15, 0.2) is 0 Å². The van der Waals surface area contributed by atoms with Crippen LogP contribution in [-0.4, -0.2) is 22.6 Å². The molecule has 1 aliphatic rings. The molecule has 3 N–H and O–H groups in total. The number of nitrogens with two attached hydrogens (primary N) is 1. The largest absolute Gasteiger partial charge is 0.365 e. The number of carbonyl (C=O) groups excluding carboxylic acids is 2. The highest BCUT2D eigenvalue weighted by Crippen LogP contribution is 2.48. The number of hydrogen-bond donors (Lipinski definition) is 2. The number of hydrogen-bond acceptors (Lipinski definition) is 6. The first-order valence-electron chi connectivity index (χ1n) is 7.49. The summed E-state index contributed by atoms with van der Waals surface area (Å²) in [6, 6.07) is 1.45. The van der Waals surface area contributed by atoms with Gasteiger partial charge < -0.3 is 20.3 Å². The molecule has 3 heterocycles. The van der Waals surface area contributed by atoms with Gasteiger partial charge in [0.05, 0.1) is 23.0 Å². The fraction of sp³-hybridized carbons (Fsp3) is 0.438. The zero-order valence-corrected chi connectivity index (χ0v) is 14.7. The third kappa shape index (κ3) is 2.83. The van der Waals surface area contributed by atoms with E-state index in [0.717, 1.165) is 10.4 Å². The Morgan fingerprint density at radius 3 is 2.62 bits per heavy atom. The number of carbonyl (C=O) groups is 2. The summed E-state index contributed by atoms with van der Waals surface area (Å²) in [7, 11) is 0. The van der Waals surface area contributed by atoms with Crippen molar-refractivity contribution in [2.45, 2.75) is 45.3 Å². The van der Waals surface area contributed by atoms with Gasteiger partial charge in [-0.2, -0.15) is 0 Å². The number of thiophene rings is 1. The van der Waals surface area contributed by atoms with Crippen LogP contribution in [0.1, 0.15) is 59.0 Å². The van der Waals surface area contributed by atoms with Gasteiger partial charge >= 0.3 is 0 Å². The van der Waals surface area contributed by atoms with Crippen LogP contribution in [0.25, 0.3) is 0 Å². The summed E-state index contributed by atoms with van der Waals surface area (Å²) >= 11 is 1.30. The lowest BCUT2D eigenvalue weighted by atomic mass is 9.86. The molecule has 0 radical (unpaired) electrons. The number of nitrogens with zero attached hydrogens (tertiary/aromatic N) is 1. The standard InChI is InChI=1S/C16H19N3O4S/c1-15(2)7-8-10(12(17)20)14(24-11(8)16(3,4)23-15)19-13(21)9-5-6-18-22-9/h5-6H,7H2,1-4H3,(H2,17,20)(H,19,21). The molecule has 0 spiro atoms. The maximum absolute atomic E-state index is 12.2. The second-order valence-electron chi connectivity index (χ2n) is 6.86. The number of nitrogens with one attached hydrogen (secondary N) is 1. The van der Waals surface area contributed by atoms with Gasteiger partial charge in [-0.25, -0.2) is 0 Å². The molecule has 1 aliphatic heterocycles. The average Bonchev–Trinajstić information content (AvgIpc) is 3.03. The highest BCUT2D eigenvalue weighted by atomic mass is 32.1. The van der Waals surface area contributed by atoms with E-state index in [4.69, 9.17) is 15.0 Å². The van der Waals surface area contributed by atoms with E-state index in [0.29, 0.717) is 17.0 Å². The van der Waals surface area contributed by atoms with E-state index in [1.54, 1.807) is 0 Å². The first kappa shape index (κ1) is 16.7. The summed E-state index contributed by atoms with van der Waals surface area (Å²) in [6.45, 7) is 7.81. The first-order chi connectivity index (χ1) is 11.1. The van der Waals surface area contributed by atoms with Gasteiger partial charge in [0, 0.05) is 17.4 Å². The van der Waals surface area contributed by atoms with E-state index in [-0.39, 0.29) is 5.76 Å². The Morgan fingerprint density at radius 2 is 2.04 bits per heavy atom. The normalized spacial score (nSPS) is 18.0. The van der Waals surface area contributed by atoms with E-state index >= 15 is 0 Å². The molecule has 3 rings (SSSR count). The molecule has 0 saturated carbocycles. The van der Waals surface area contributed by atoms with Crippen LogP contribution in [0.3, 0.4) is 0 Å². The van der Waals surface area contributed by atoms with Crippen molar-refractivity contribution in [3.8, 4) is 0 Å². The van der Waals surface area contributed by atoms with Crippen molar-refractivity contribution < 1.29 is 18.8 Å². The molecular weight excluding hydrogens is 330 g/mol. The maximum Gasteiger partial charge on any atom is 0.294 e. The lowest BCUT2D eigenvalue weighted by molar-refractivity contribution is -0.135. The van der Waals surface area contributed by atoms with Crippen molar-refractivity contribution in [1.29, 1.82) is 0 Å². The minimum absolute atomic E-state index is 0.0626. The SMILES string of the molecule is CC1(C)Cc2c(sc(NC(=O)c3ccno3)c2C(N)=O)C(C)(C)O1. The zero-order chi connectivity index (χ0) is 17.7. The molecule has 128 valence electrons. The molecule has 0 saturated heterocycles. The minimum Gasteiger partial charge on any atom is -0.365 e. The molecule has 0 unspecified atom stereocenters. The predicted molar refractivity (Wildman–Crippen MR) is 89.2 cm³/mol. The van der Waals surface area contributed by atoms with Gasteiger partial charge in [-0.3, -0.25) is 9.59 Å². The molecule has 0 bridgehead atoms. The van der Waals surface area contributed by atoms with Crippen LogP contribution in [0, 0.1) is 0 Å². The summed E-state index contributed by atoms with van der Waals surface area (Å²) < 4.78 is 11.0. The van der Waals surface area contributed by atoms with Gasteiger partial charge in [-0.15, -0.1) is 11.3 Å². The van der Waals surface area contributed by atoms with Gasteiger partial charge in [-0.1, -0.05) is 5.16 Å². The molecule has 0 aliphatic carbocycles. The Balaban J connectivity index is 2.07. The molecular formula is C16H19N3O4S. The molecule has 2 aromatic rings. The summed E-state index contributed by atoms with van der Waals surface area (Å²) in [5.74, 6) is -0.993. The number of aromatic nitrogens is 1. The van der Waals surface area contributed by atoms with Crippen LogP contribution in [0.15, 0.2) is 16.8 Å². The molecule has 0 aromatic carbocycles. The molecule has 2 amide bonds. The van der Waals surface area contributed by atoms with E-state index in [2.05, 4.69) is 10.5 Å². The zero-order valence-electron chi connectivity index (χ0n) is 13.9. The monoisotopic (exact) mass is 349 g/mol. The number of primary amides is 1. The molecule has 24 heavy (non-hydrogen) atoms. The van der Waals surface area contributed by atoms with Crippen molar-refractivity contribution in [1.82, 2.24) is 5.16 Å². The van der Waals surface area contributed by atoms with Crippen LogP contribution in [-0.2, 0) is 16.8 Å². The fourth-order valence-corrected chi connectivity index (χ4v) is 4.42. The second kappa shape index (κ2) is 5.42. The Kier molecular flexibility index (Phi) is 3.76. The number of ether oxygens (including phenoxy) is 1. The van der Waals surface area contributed by atoms with E-state index in [1.807, 2.05) is 27.7 Å². The first-order valence-corrected chi connectivity index (χ1v) is 8.30. The minimum atomic E-state index is -0.582. The Morgan fingerprint density at radius 1 is 1.33 bits per heavy atom. The highest BCUT2D eigenvalue weighted by Gasteiger charge is 2.42. The summed E-state index contributed by atoms with van der Waals surface area (Å²) in [5.41, 5.74) is 5.75. The van der Waals surface area contributed by atoms with Crippen molar-refractivity contribution in [3.63, 3.8) is 0 Å². The van der Waals surface area contributed by atoms with E-state index in [1.165, 1.54) is 23.6 Å². The molecule has 7 nitrogen and oxygen atoms in total. The van der Waals surface area contributed by atoms with E-state index in [9.17, 15) is 9.59 Å². The highest BCUT2D eigenvalue weighted by molar-refractivity contribution is 7.17. The lowest BCUT2D eigenvalue weighted by Gasteiger charge is -2.41. The molecule has 2 aromatic heterocycles. The van der Waals surface area contributed by atoms with Crippen molar-refractivity contribution >= 4 is 28.2 Å². The van der Waals surface area contributed by atoms with Gasteiger partial charge in [0.1, 0.15) is 5.00 Å². The second-order valence-corrected chi connectivity index (χ2v) is 7.88. The van der Waals surface area contributed by atoms with Crippen molar-refractivity contribution in [2.24, 2.45) is 5.73 Å². The smallest absolute Gasteiger partial charge is 0.294 e. The van der Waals surface area contributed by atoms with Crippen LogP contribution in [0.5, 0.6) is 0 Å². The van der Waals surface area contributed by atoms with E-state index < -0.39 is 23.0 Å².